The number of esters is 1. The van der Waals surface area contributed by atoms with Crippen LogP contribution in [0.4, 0.5) is 4.39 Å². The van der Waals surface area contributed by atoms with Gasteiger partial charge in [0.1, 0.15) is 5.82 Å². The van der Waals surface area contributed by atoms with Gasteiger partial charge in [-0.15, -0.1) is 0 Å². The lowest BCUT2D eigenvalue weighted by atomic mass is 9.94. The van der Waals surface area contributed by atoms with E-state index in [2.05, 4.69) is 4.98 Å². The second-order valence-corrected chi connectivity index (χ2v) is 6.67. The van der Waals surface area contributed by atoms with Crippen molar-refractivity contribution in [2.24, 2.45) is 0 Å². The van der Waals surface area contributed by atoms with Gasteiger partial charge in [0.15, 0.2) is 12.3 Å². The van der Waals surface area contributed by atoms with Crippen molar-refractivity contribution in [2.45, 2.75) is 45.1 Å². The molecule has 1 heterocycles. The monoisotopic (exact) mass is 373 g/mol. The van der Waals surface area contributed by atoms with Crippen molar-refractivity contribution < 1.29 is 18.7 Å². The summed E-state index contributed by atoms with van der Waals surface area (Å²) in [5, 5.41) is 0. The number of amides is 1. The number of rotatable bonds is 6. The average molecular weight is 373 g/mol. The van der Waals surface area contributed by atoms with Crippen molar-refractivity contribution in [3.8, 4) is 5.69 Å². The second-order valence-electron chi connectivity index (χ2n) is 6.67. The second kappa shape index (κ2) is 8.79. The van der Waals surface area contributed by atoms with Gasteiger partial charge in [-0.05, 0) is 44.0 Å². The van der Waals surface area contributed by atoms with Crippen LogP contribution in [0.2, 0.25) is 0 Å². The first-order valence-electron chi connectivity index (χ1n) is 9.35. The quantitative estimate of drug-likeness (QED) is 0.729. The molecule has 1 saturated carbocycles. The molecule has 1 aromatic carbocycles. The molecule has 27 heavy (non-hydrogen) atoms. The van der Waals surface area contributed by atoms with E-state index in [9.17, 15) is 14.0 Å². The Bertz CT molecular complexity index is 782. The van der Waals surface area contributed by atoms with Gasteiger partial charge in [-0.1, -0.05) is 19.3 Å². The van der Waals surface area contributed by atoms with E-state index in [4.69, 9.17) is 4.74 Å². The minimum absolute atomic E-state index is 0.175. The summed E-state index contributed by atoms with van der Waals surface area (Å²) in [6.45, 7) is 2.25. The third-order valence-electron chi connectivity index (χ3n) is 4.96. The number of likely N-dealkylation sites (N-methyl/N-ethyl adjacent to an activating group) is 1. The number of aromatic nitrogens is 2. The summed E-state index contributed by atoms with van der Waals surface area (Å²) in [6, 6.07) is 5.93. The summed E-state index contributed by atoms with van der Waals surface area (Å²) in [5.74, 6) is -1.17. The summed E-state index contributed by atoms with van der Waals surface area (Å²) in [6.07, 6.45) is 8.30. The fourth-order valence-corrected chi connectivity index (χ4v) is 3.57. The Balaban J connectivity index is 1.63. The zero-order chi connectivity index (χ0) is 19.2. The van der Waals surface area contributed by atoms with Crippen molar-refractivity contribution >= 4 is 11.9 Å². The fourth-order valence-electron chi connectivity index (χ4n) is 3.57. The molecule has 2 aromatic rings. The molecule has 144 valence electrons. The molecule has 0 saturated heterocycles. The van der Waals surface area contributed by atoms with Gasteiger partial charge in [-0.2, -0.15) is 0 Å². The highest BCUT2D eigenvalue weighted by Gasteiger charge is 2.25. The SMILES string of the molecule is CCN(C(=O)COC(=O)c1cncn1-c1ccc(F)cc1)C1CCCCC1. The third kappa shape index (κ3) is 4.53. The molecule has 1 aliphatic carbocycles. The van der Waals surface area contributed by atoms with Crippen LogP contribution in [0.25, 0.3) is 5.69 Å². The van der Waals surface area contributed by atoms with Crippen LogP contribution in [-0.4, -0.2) is 45.5 Å². The van der Waals surface area contributed by atoms with E-state index in [0.29, 0.717) is 12.2 Å². The maximum absolute atomic E-state index is 13.1. The minimum Gasteiger partial charge on any atom is -0.451 e. The van der Waals surface area contributed by atoms with Crippen LogP contribution in [0, 0.1) is 5.82 Å². The highest BCUT2D eigenvalue weighted by atomic mass is 19.1. The predicted octanol–water partition coefficient (Wildman–Crippen LogP) is 3.35. The van der Waals surface area contributed by atoms with Gasteiger partial charge >= 0.3 is 5.97 Å². The highest BCUT2D eigenvalue weighted by molar-refractivity contribution is 5.90. The van der Waals surface area contributed by atoms with Crippen molar-refractivity contribution in [3.05, 3.63) is 48.3 Å². The van der Waals surface area contributed by atoms with Crippen LogP contribution >= 0.6 is 0 Å². The molecular formula is C20H24FN3O3. The largest absolute Gasteiger partial charge is 0.451 e. The third-order valence-corrected chi connectivity index (χ3v) is 4.96. The van der Waals surface area contributed by atoms with E-state index in [-0.39, 0.29) is 30.1 Å². The van der Waals surface area contributed by atoms with E-state index in [1.54, 1.807) is 12.1 Å². The Morgan fingerprint density at radius 3 is 2.59 bits per heavy atom. The fraction of sp³-hybridized carbons (Fsp3) is 0.450. The zero-order valence-electron chi connectivity index (χ0n) is 15.4. The molecular weight excluding hydrogens is 349 g/mol. The maximum Gasteiger partial charge on any atom is 0.357 e. The van der Waals surface area contributed by atoms with Gasteiger partial charge < -0.3 is 9.64 Å². The molecule has 0 spiro atoms. The Labute approximate surface area is 157 Å². The lowest BCUT2D eigenvalue weighted by Crippen LogP contribution is -2.43. The number of nitrogens with zero attached hydrogens (tertiary/aromatic N) is 3. The van der Waals surface area contributed by atoms with Crippen LogP contribution < -0.4 is 0 Å². The molecule has 0 atom stereocenters. The van der Waals surface area contributed by atoms with Gasteiger partial charge in [-0.25, -0.2) is 14.2 Å². The summed E-state index contributed by atoms with van der Waals surface area (Å²) in [5.41, 5.74) is 0.777. The Morgan fingerprint density at radius 1 is 1.22 bits per heavy atom. The molecule has 1 amide bonds. The smallest absolute Gasteiger partial charge is 0.357 e. The number of carbonyl (C=O) groups is 2. The maximum atomic E-state index is 13.1. The van der Waals surface area contributed by atoms with Gasteiger partial charge in [0.2, 0.25) is 0 Å². The Morgan fingerprint density at radius 2 is 1.93 bits per heavy atom. The van der Waals surface area contributed by atoms with Crippen LogP contribution in [0.15, 0.2) is 36.8 Å². The van der Waals surface area contributed by atoms with Crippen molar-refractivity contribution in [2.75, 3.05) is 13.2 Å². The number of benzene rings is 1. The molecule has 0 unspecified atom stereocenters. The molecule has 0 aliphatic heterocycles. The van der Waals surface area contributed by atoms with Crippen LogP contribution in [-0.2, 0) is 9.53 Å². The lowest BCUT2D eigenvalue weighted by Gasteiger charge is -2.33. The van der Waals surface area contributed by atoms with Crippen molar-refractivity contribution in [3.63, 3.8) is 0 Å². The summed E-state index contributed by atoms with van der Waals surface area (Å²) in [4.78, 5) is 30.7. The van der Waals surface area contributed by atoms with Crippen molar-refractivity contribution in [1.82, 2.24) is 14.5 Å². The number of imidazole rings is 1. The van der Waals surface area contributed by atoms with E-state index in [1.165, 1.54) is 35.6 Å². The first-order chi connectivity index (χ1) is 13.1. The Kier molecular flexibility index (Phi) is 6.21. The highest BCUT2D eigenvalue weighted by Crippen LogP contribution is 2.22. The first kappa shape index (κ1) is 19.1. The molecule has 6 nitrogen and oxygen atoms in total. The van der Waals surface area contributed by atoms with Gasteiger partial charge in [0.25, 0.3) is 5.91 Å². The number of hydrogen-bond donors (Lipinski definition) is 0. The van der Waals surface area contributed by atoms with E-state index >= 15 is 0 Å². The summed E-state index contributed by atoms with van der Waals surface area (Å²) in [7, 11) is 0. The summed E-state index contributed by atoms with van der Waals surface area (Å²) >= 11 is 0. The topological polar surface area (TPSA) is 64.4 Å². The van der Waals surface area contributed by atoms with E-state index < -0.39 is 5.97 Å². The number of hydrogen-bond acceptors (Lipinski definition) is 4. The zero-order valence-corrected chi connectivity index (χ0v) is 15.4. The normalized spacial score (nSPS) is 14.7. The molecule has 7 heteroatoms. The van der Waals surface area contributed by atoms with E-state index in [0.717, 1.165) is 25.7 Å². The van der Waals surface area contributed by atoms with Crippen LogP contribution in [0.1, 0.15) is 49.5 Å². The van der Waals surface area contributed by atoms with E-state index in [1.807, 2.05) is 11.8 Å². The predicted molar refractivity (Wildman–Crippen MR) is 98.1 cm³/mol. The van der Waals surface area contributed by atoms with Crippen molar-refractivity contribution in [1.29, 1.82) is 0 Å². The molecule has 1 aromatic heterocycles. The first-order valence-corrected chi connectivity index (χ1v) is 9.35. The van der Waals surface area contributed by atoms with Gasteiger partial charge in [0.05, 0.1) is 12.5 Å². The molecule has 0 radical (unpaired) electrons. The standard InChI is InChI=1S/C20H24FN3O3/c1-2-23(16-6-4-3-5-7-16)19(25)13-27-20(26)18-12-22-14-24(18)17-10-8-15(21)9-11-17/h8-12,14,16H,2-7,13H2,1H3. The van der Waals surface area contributed by atoms with Crippen LogP contribution in [0.5, 0.6) is 0 Å². The summed E-state index contributed by atoms with van der Waals surface area (Å²) < 4.78 is 19.8. The lowest BCUT2D eigenvalue weighted by molar-refractivity contribution is -0.137. The average Bonchev–Trinajstić information content (AvgIpc) is 3.18. The molecule has 0 bridgehead atoms. The van der Waals surface area contributed by atoms with Gasteiger partial charge in [0, 0.05) is 18.3 Å². The molecule has 1 aliphatic rings. The number of halogens is 1. The number of carbonyl (C=O) groups excluding carboxylic acids is 2. The van der Waals surface area contributed by atoms with Gasteiger partial charge in [-0.3, -0.25) is 9.36 Å². The minimum atomic E-state index is -0.634. The molecule has 1 fully saturated rings. The molecule has 3 rings (SSSR count). The number of ether oxygens (including phenoxy) is 1. The Hall–Kier alpha value is -2.70. The molecule has 0 N–H and O–H groups in total. The van der Waals surface area contributed by atoms with Crippen LogP contribution in [0.3, 0.4) is 0 Å².